The Morgan fingerprint density at radius 2 is 1.34 bits per heavy atom. The maximum atomic E-state index is 14.5. The minimum Gasteiger partial charge on any atom is -0.368 e. The summed E-state index contributed by atoms with van der Waals surface area (Å²) in [4.78, 5) is 71.9. The molecule has 2 aromatic heterocycles. The minimum atomic E-state index is -1.16. The van der Waals surface area contributed by atoms with Crippen LogP contribution in [-0.2, 0) is 43.2 Å². The molecule has 3 aromatic carbocycles. The number of benzene rings is 3. The molecule has 5 aromatic rings. The molecule has 13 nitrogen and oxygen atoms in total. The van der Waals surface area contributed by atoms with Crippen LogP contribution in [0.15, 0.2) is 90.4 Å². The third-order valence-electron chi connectivity index (χ3n) is 10.2. The standard InChI is InChI=1S/C42H50N8O5S/c43-19-9-8-16-32(38(44)51)47-40(53)34(21-26-11-2-1-3-12-26)48-41(54)35(22-27-24-46-31-15-6-4-13-29(27)31)50-42(55)36(49-39(52)33-17-10-20-45-33)23-28-25-56-37-18-7-5-14-30(28)37/h1-7,11-15,18,24-25,32-36,45-46H,8-10,16-17,19-23,43H2,(H2,44,51)(H,47,53)(H,48,54)(H,49,52)(H,50,55)/t32-,33+,34+,35-,36-/m1/s1. The molecule has 0 saturated carbocycles. The van der Waals surface area contributed by atoms with Crippen LogP contribution in [0.1, 0.15) is 48.8 Å². The van der Waals surface area contributed by atoms with Gasteiger partial charge in [0.25, 0.3) is 0 Å². The topological polar surface area (TPSA) is 213 Å². The second kappa shape index (κ2) is 19.3. The second-order valence-electron chi connectivity index (χ2n) is 14.3. The molecule has 3 heterocycles. The van der Waals surface area contributed by atoms with Crippen LogP contribution in [0.5, 0.6) is 0 Å². The van der Waals surface area contributed by atoms with Crippen molar-refractivity contribution in [3.05, 3.63) is 107 Å². The molecule has 5 amide bonds. The van der Waals surface area contributed by atoms with Gasteiger partial charge in [0.2, 0.25) is 29.5 Å². The molecule has 0 spiro atoms. The first-order valence-electron chi connectivity index (χ1n) is 19.2. The zero-order chi connectivity index (χ0) is 39.4. The van der Waals surface area contributed by atoms with E-state index >= 15 is 0 Å². The number of carbonyl (C=O) groups is 5. The molecule has 0 unspecified atom stereocenters. The van der Waals surface area contributed by atoms with Gasteiger partial charge in [-0.2, -0.15) is 0 Å². The zero-order valence-electron chi connectivity index (χ0n) is 31.2. The Hall–Kier alpha value is -5.57. The Labute approximate surface area is 329 Å². The molecule has 1 fully saturated rings. The Morgan fingerprint density at radius 1 is 0.714 bits per heavy atom. The highest BCUT2D eigenvalue weighted by Crippen LogP contribution is 2.27. The first-order valence-corrected chi connectivity index (χ1v) is 20.1. The van der Waals surface area contributed by atoms with Gasteiger partial charge in [0.15, 0.2) is 0 Å². The summed E-state index contributed by atoms with van der Waals surface area (Å²) < 4.78 is 1.06. The van der Waals surface area contributed by atoms with Gasteiger partial charge in [0.05, 0.1) is 6.04 Å². The number of H-pyrrole nitrogens is 1. The Kier molecular flexibility index (Phi) is 13.8. The summed E-state index contributed by atoms with van der Waals surface area (Å²) in [6.07, 6.45) is 5.22. The van der Waals surface area contributed by atoms with Crippen molar-refractivity contribution in [2.75, 3.05) is 13.1 Å². The number of rotatable bonds is 19. The number of nitrogens with two attached hydrogens (primary N) is 2. The summed E-state index contributed by atoms with van der Waals surface area (Å²) in [7, 11) is 0. The zero-order valence-corrected chi connectivity index (χ0v) is 32.0. The van der Waals surface area contributed by atoms with Crippen LogP contribution in [0.4, 0.5) is 0 Å². The molecule has 1 saturated heterocycles. The van der Waals surface area contributed by atoms with Gasteiger partial charge in [-0.25, -0.2) is 0 Å². The van der Waals surface area contributed by atoms with E-state index in [2.05, 4.69) is 31.6 Å². The summed E-state index contributed by atoms with van der Waals surface area (Å²) in [6.45, 7) is 1.14. The van der Waals surface area contributed by atoms with Gasteiger partial charge >= 0.3 is 0 Å². The fraction of sp³-hybridized carbons (Fsp3) is 0.357. The molecular formula is C42H50N8O5S. The number of fused-ring (bicyclic) bond motifs is 2. The third kappa shape index (κ3) is 10.4. The largest absolute Gasteiger partial charge is 0.368 e. The predicted molar refractivity (Wildman–Crippen MR) is 219 cm³/mol. The van der Waals surface area contributed by atoms with Crippen molar-refractivity contribution < 1.29 is 24.0 Å². The van der Waals surface area contributed by atoms with Gasteiger partial charge in [-0.05, 0) is 84.8 Å². The summed E-state index contributed by atoms with van der Waals surface area (Å²) in [5.74, 6) is -2.71. The van der Waals surface area contributed by atoms with E-state index < -0.39 is 53.8 Å². The average Bonchev–Trinajstić information content (AvgIpc) is 3.98. The minimum absolute atomic E-state index is 0.0799. The highest BCUT2D eigenvalue weighted by atomic mass is 32.1. The van der Waals surface area contributed by atoms with Crippen molar-refractivity contribution in [3.63, 3.8) is 0 Å². The van der Waals surface area contributed by atoms with Crippen molar-refractivity contribution >= 4 is 61.9 Å². The lowest BCUT2D eigenvalue weighted by molar-refractivity contribution is -0.134. The predicted octanol–water partition coefficient (Wildman–Crippen LogP) is 2.72. The number of primary amides is 1. The number of amides is 5. The lowest BCUT2D eigenvalue weighted by Crippen LogP contribution is -2.59. The number of hydrogen-bond acceptors (Lipinski definition) is 8. The van der Waals surface area contributed by atoms with Gasteiger partial charge in [0, 0.05) is 41.1 Å². The van der Waals surface area contributed by atoms with Crippen LogP contribution in [0.2, 0.25) is 0 Å². The van der Waals surface area contributed by atoms with Crippen LogP contribution in [0, 0.1) is 0 Å². The smallest absolute Gasteiger partial charge is 0.243 e. The fourth-order valence-electron chi connectivity index (χ4n) is 7.18. The molecule has 6 rings (SSSR count). The van der Waals surface area contributed by atoms with Gasteiger partial charge in [-0.3, -0.25) is 24.0 Å². The van der Waals surface area contributed by atoms with E-state index in [1.807, 2.05) is 84.2 Å². The summed E-state index contributed by atoms with van der Waals surface area (Å²) in [6, 6.07) is 20.0. The van der Waals surface area contributed by atoms with Crippen molar-refractivity contribution in [2.45, 2.75) is 81.6 Å². The number of para-hydroxylation sites is 1. The van der Waals surface area contributed by atoms with E-state index in [-0.39, 0.29) is 25.2 Å². The number of aromatic nitrogens is 1. The van der Waals surface area contributed by atoms with Crippen LogP contribution in [0.3, 0.4) is 0 Å². The summed E-state index contributed by atoms with van der Waals surface area (Å²) in [5, 5.41) is 18.6. The van der Waals surface area contributed by atoms with Crippen molar-refractivity contribution in [3.8, 4) is 0 Å². The fourth-order valence-corrected chi connectivity index (χ4v) is 8.16. The maximum absolute atomic E-state index is 14.5. The first-order chi connectivity index (χ1) is 27.2. The SMILES string of the molecule is NCCCC[C@@H](NC(=O)[C@H](Cc1ccccc1)NC(=O)[C@@H](Cc1c[nH]c2ccccc12)NC(=O)[C@@H](Cc1csc2ccccc12)NC(=O)[C@@H]1CCCN1)C(N)=O. The maximum Gasteiger partial charge on any atom is 0.243 e. The van der Waals surface area contributed by atoms with E-state index in [0.717, 1.165) is 44.1 Å². The molecule has 10 N–H and O–H groups in total. The van der Waals surface area contributed by atoms with Crippen molar-refractivity contribution in [1.82, 2.24) is 31.6 Å². The Morgan fingerprint density at radius 3 is 2.04 bits per heavy atom. The third-order valence-corrected chi connectivity index (χ3v) is 11.3. The molecule has 5 atom stereocenters. The number of aromatic amines is 1. The van der Waals surface area contributed by atoms with Gasteiger partial charge in [0.1, 0.15) is 24.2 Å². The molecule has 1 aliphatic rings. The molecule has 0 aliphatic carbocycles. The quantitative estimate of drug-likeness (QED) is 0.0587. The molecule has 0 radical (unpaired) electrons. The second-order valence-corrected chi connectivity index (χ2v) is 15.2. The molecule has 294 valence electrons. The average molecular weight is 779 g/mol. The van der Waals surface area contributed by atoms with E-state index in [4.69, 9.17) is 11.5 Å². The molecule has 1 aliphatic heterocycles. The first kappa shape index (κ1) is 40.1. The number of carbonyl (C=O) groups excluding carboxylic acids is 5. The normalized spacial score (nSPS) is 16.1. The van der Waals surface area contributed by atoms with E-state index in [1.165, 1.54) is 0 Å². The van der Waals surface area contributed by atoms with Crippen LogP contribution in [-0.4, -0.2) is 77.8 Å². The molecule has 56 heavy (non-hydrogen) atoms. The summed E-state index contributed by atoms with van der Waals surface area (Å²) in [5.41, 5.74) is 14.6. The lowest BCUT2D eigenvalue weighted by Gasteiger charge is -2.27. The highest BCUT2D eigenvalue weighted by molar-refractivity contribution is 7.17. The Bertz CT molecular complexity index is 2130. The number of hydrogen-bond donors (Lipinski definition) is 8. The number of nitrogens with one attached hydrogen (secondary N) is 6. The number of unbranched alkanes of at least 4 members (excludes halogenated alkanes) is 1. The Balaban J connectivity index is 1.29. The number of thiophene rings is 1. The van der Waals surface area contributed by atoms with E-state index in [9.17, 15) is 24.0 Å². The van der Waals surface area contributed by atoms with Crippen LogP contribution in [0.25, 0.3) is 21.0 Å². The monoisotopic (exact) mass is 778 g/mol. The van der Waals surface area contributed by atoms with Gasteiger partial charge in [-0.15, -0.1) is 11.3 Å². The van der Waals surface area contributed by atoms with Crippen LogP contribution < -0.4 is 38.1 Å². The highest BCUT2D eigenvalue weighted by Gasteiger charge is 2.33. The van der Waals surface area contributed by atoms with E-state index in [0.29, 0.717) is 38.8 Å². The summed E-state index contributed by atoms with van der Waals surface area (Å²) >= 11 is 1.56. The molecule has 0 bridgehead atoms. The van der Waals surface area contributed by atoms with Gasteiger partial charge in [-0.1, -0.05) is 66.7 Å². The molecule has 14 heteroatoms. The van der Waals surface area contributed by atoms with Gasteiger partial charge < -0.3 is 43.0 Å². The van der Waals surface area contributed by atoms with Crippen molar-refractivity contribution in [2.24, 2.45) is 11.5 Å². The van der Waals surface area contributed by atoms with Crippen molar-refractivity contribution in [1.29, 1.82) is 0 Å². The lowest BCUT2D eigenvalue weighted by atomic mass is 10.00. The molecular weight excluding hydrogens is 729 g/mol. The van der Waals surface area contributed by atoms with E-state index in [1.54, 1.807) is 17.5 Å². The van der Waals surface area contributed by atoms with Crippen LogP contribution >= 0.6 is 11.3 Å².